The fourth-order valence-electron chi connectivity index (χ4n) is 3.32. The number of hydrogen-bond donors (Lipinski definition) is 1. The van der Waals surface area contributed by atoms with Crippen LogP contribution >= 0.6 is 27.3 Å². The molecule has 0 amide bonds. The first-order chi connectivity index (χ1) is 8.45. The van der Waals surface area contributed by atoms with Crippen LogP contribution in [-0.2, 0) is 0 Å². The lowest BCUT2D eigenvalue weighted by Crippen LogP contribution is -2.33. The molecule has 0 saturated heterocycles. The van der Waals surface area contributed by atoms with Gasteiger partial charge in [0.2, 0.25) is 0 Å². The number of halogens is 1. The van der Waals surface area contributed by atoms with E-state index in [1.165, 1.54) is 33.5 Å². The third-order valence-corrected chi connectivity index (χ3v) is 6.34. The molecule has 1 N–H and O–H groups in total. The second-order valence-corrected chi connectivity index (χ2v) is 8.23. The molecule has 1 aromatic rings. The largest absolute Gasteiger partial charge is 0.309 e. The first-order valence-corrected chi connectivity index (χ1v) is 8.56. The van der Waals surface area contributed by atoms with Gasteiger partial charge in [-0.3, -0.25) is 0 Å². The zero-order chi connectivity index (χ0) is 13.3. The summed E-state index contributed by atoms with van der Waals surface area (Å²) in [6.45, 7) is 10.3. The van der Waals surface area contributed by atoms with Crippen molar-refractivity contribution in [3.8, 4) is 0 Å². The molecule has 1 aliphatic carbocycles. The molecule has 1 heterocycles. The molecule has 0 aliphatic heterocycles. The predicted octanol–water partition coefficient (Wildman–Crippen LogP) is 5.30. The van der Waals surface area contributed by atoms with Gasteiger partial charge < -0.3 is 5.32 Å². The van der Waals surface area contributed by atoms with Gasteiger partial charge in [0.15, 0.2) is 0 Å². The maximum Gasteiger partial charge on any atom is 0.0460 e. The highest BCUT2D eigenvalue weighted by molar-refractivity contribution is 9.10. The summed E-state index contributed by atoms with van der Waals surface area (Å²) >= 11 is 5.68. The highest BCUT2D eigenvalue weighted by Crippen LogP contribution is 2.50. The van der Waals surface area contributed by atoms with Gasteiger partial charge in [-0.2, -0.15) is 0 Å². The van der Waals surface area contributed by atoms with Crippen LogP contribution < -0.4 is 5.32 Å². The Bertz CT molecular complexity index is 411. The Hall–Kier alpha value is 0.140. The van der Waals surface area contributed by atoms with Crippen LogP contribution in [0, 0.1) is 18.3 Å². The number of aryl methyl sites for hydroxylation is 1. The van der Waals surface area contributed by atoms with Crippen LogP contribution in [0.5, 0.6) is 0 Å². The Morgan fingerprint density at radius 3 is 2.72 bits per heavy atom. The standard InChI is InChI=1S/C15H24BrNS/c1-5-17-13(11-7-6-8-15(11,3)4)14-12(16)9-10(2)18-14/h9,11,13,17H,5-8H2,1-4H3. The summed E-state index contributed by atoms with van der Waals surface area (Å²) in [7, 11) is 0. The van der Waals surface area contributed by atoms with Crippen molar-refractivity contribution in [1.29, 1.82) is 0 Å². The molecule has 1 fully saturated rings. The minimum Gasteiger partial charge on any atom is -0.309 e. The maximum atomic E-state index is 3.74. The average molecular weight is 330 g/mol. The number of rotatable bonds is 4. The normalized spacial score (nSPS) is 24.4. The SMILES string of the molecule is CCNC(c1sc(C)cc1Br)C1CCCC1(C)C. The fraction of sp³-hybridized carbons (Fsp3) is 0.733. The molecule has 1 aromatic heterocycles. The minimum absolute atomic E-state index is 0.462. The molecule has 0 aromatic carbocycles. The first-order valence-electron chi connectivity index (χ1n) is 6.95. The van der Waals surface area contributed by atoms with Crippen molar-refractivity contribution < 1.29 is 0 Å². The van der Waals surface area contributed by atoms with Gasteiger partial charge in [-0.25, -0.2) is 0 Å². The van der Waals surface area contributed by atoms with Crippen molar-refractivity contribution in [3.63, 3.8) is 0 Å². The van der Waals surface area contributed by atoms with E-state index in [0.29, 0.717) is 11.5 Å². The van der Waals surface area contributed by atoms with Gasteiger partial charge in [0.25, 0.3) is 0 Å². The highest BCUT2D eigenvalue weighted by atomic mass is 79.9. The van der Waals surface area contributed by atoms with E-state index >= 15 is 0 Å². The lowest BCUT2D eigenvalue weighted by atomic mass is 9.77. The van der Waals surface area contributed by atoms with Crippen LogP contribution in [0.2, 0.25) is 0 Å². The van der Waals surface area contributed by atoms with Gasteiger partial charge in [-0.15, -0.1) is 11.3 Å². The molecule has 0 bridgehead atoms. The zero-order valence-corrected chi connectivity index (χ0v) is 14.2. The highest BCUT2D eigenvalue weighted by Gasteiger charge is 2.40. The second kappa shape index (κ2) is 5.64. The van der Waals surface area contributed by atoms with Gasteiger partial charge >= 0.3 is 0 Å². The summed E-state index contributed by atoms with van der Waals surface area (Å²) < 4.78 is 1.29. The van der Waals surface area contributed by atoms with Gasteiger partial charge in [0, 0.05) is 20.3 Å². The number of hydrogen-bond acceptors (Lipinski definition) is 2. The molecule has 102 valence electrons. The summed E-state index contributed by atoms with van der Waals surface area (Å²) in [5.74, 6) is 0.756. The predicted molar refractivity (Wildman–Crippen MR) is 84.3 cm³/mol. The maximum absolute atomic E-state index is 3.74. The molecule has 1 nitrogen and oxygen atoms in total. The third kappa shape index (κ3) is 2.83. The molecule has 1 saturated carbocycles. The molecule has 0 spiro atoms. The second-order valence-electron chi connectivity index (χ2n) is 6.09. The van der Waals surface area contributed by atoms with Crippen molar-refractivity contribution in [2.24, 2.45) is 11.3 Å². The van der Waals surface area contributed by atoms with Crippen LogP contribution in [0.25, 0.3) is 0 Å². The Balaban J connectivity index is 2.31. The average Bonchev–Trinajstić information content (AvgIpc) is 2.78. The minimum atomic E-state index is 0.462. The van der Waals surface area contributed by atoms with Crippen LogP contribution in [0.15, 0.2) is 10.5 Å². The quantitative estimate of drug-likeness (QED) is 0.790. The van der Waals surface area contributed by atoms with Crippen LogP contribution in [0.4, 0.5) is 0 Å². The van der Waals surface area contributed by atoms with E-state index in [4.69, 9.17) is 0 Å². The first kappa shape index (κ1) is 14.5. The van der Waals surface area contributed by atoms with Crippen molar-refractivity contribution in [1.82, 2.24) is 5.32 Å². The van der Waals surface area contributed by atoms with Crippen LogP contribution in [0.3, 0.4) is 0 Å². The number of nitrogens with one attached hydrogen (secondary N) is 1. The molecular weight excluding hydrogens is 306 g/mol. The van der Waals surface area contributed by atoms with E-state index in [1.54, 1.807) is 0 Å². The summed E-state index contributed by atoms with van der Waals surface area (Å²) in [6, 6.07) is 2.77. The molecule has 0 radical (unpaired) electrons. The van der Waals surface area contributed by atoms with E-state index in [1.807, 2.05) is 11.3 Å². The Morgan fingerprint density at radius 1 is 1.56 bits per heavy atom. The van der Waals surface area contributed by atoms with Gasteiger partial charge in [-0.05, 0) is 59.6 Å². The van der Waals surface area contributed by atoms with Crippen molar-refractivity contribution in [3.05, 3.63) is 20.3 Å². The molecule has 2 atom stereocenters. The molecule has 18 heavy (non-hydrogen) atoms. The molecule has 3 heteroatoms. The number of thiophene rings is 1. The lowest BCUT2D eigenvalue weighted by molar-refractivity contribution is 0.201. The Labute approximate surface area is 123 Å². The summed E-state index contributed by atoms with van der Waals surface area (Å²) in [5, 5.41) is 3.73. The Morgan fingerprint density at radius 2 is 2.28 bits per heavy atom. The topological polar surface area (TPSA) is 12.0 Å². The van der Waals surface area contributed by atoms with E-state index in [9.17, 15) is 0 Å². The van der Waals surface area contributed by atoms with Gasteiger partial charge in [-0.1, -0.05) is 27.2 Å². The van der Waals surface area contributed by atoms with E-state index in [-0.39, 0.29) is 0 Å². The summed E-state index contributed by atoms with van der Waals surface area (Å²) in [4.78, 5) is 2.89. The zero-order valence-electron chi connectivity index (χ0n) is 11.8. The van der Waals surface area contributed by atoms with Crippen LogP contribution in [-0.4, -0.2) is 6.54 Å². The summed E-state index contributed by atoms with van der Waals surface area (Å²) in [5.41, 5.74) is 0.462. The van der Waals surface area contributed by atoms with Crippen molar-refractivity contribution in [2.75, 3.05) is 6.54 Å². The van der Waals surface area contributed by atoms with E-state index < -0.39 is 0 Å². The molecule has 1 aliphatic rings. The molecule has 2 rings (SSSR count). The monoisotopic (exact) mass is 329 g/mol. The lowest BCUT2D eigenvalue weighted by Gasteiger charge is -2.34. The van der Waals surface area contributed by atoms with Crippen molar-refractivity contribution >= 4 is 27.3 Å². The third-order valence-electron chi connectivity index (χ3n) is 4.29. The van der Waals surface area contributed by atoms with Crippen molar-refractivity contribution in [2.45, 2.75) is 53.0 Å². The van der Waals surface area contributed by atoms with Gasteiger partial charge in [0.1, 0.15) is 0 Å². The fourth-order valence-corrected chi connectivity index (χ4v) is 5.36. The Kier molecular flexibility index (Phi) is 4.56. The van der Waals surface area contributed by atoms with Gasteiger partial charge in [0.05, 0.1) is 0 Å². The van der Waals surface area contributed by atoms with Crippen LogP contribution in [0.1, 0.15) is 55.8 Å². The summed E-state index contributed by atoms with van der Waals surface area (Å²) in [6.07, 6.45) is 4.09. The molecule has 2 unspecified atom stereocenters. The van der Waals surface area contributed by atoms with E-state index in [0.717, 1.165) is 12.5 Å². The molecular formula is C15H24BrNS. The van der Waals surface area contributed by atoms with E-state index in [2.05, 4.69) is 55.0 Å². The smallest absolute Gasteiger partial charge is 0.0460 e.